The Labute approximate surface area is 94.3 Å². The molecule has 1 aromatic heterocycles. The third kappa shape index (κ3) is 2.34. The second kappa shape index (κ2) is 4.81. The molecular formula is C8H16N4O3S. The van der Waals surface area contributed by atoms with Crippen LogP contribution in [0.4, 0.5) is 5.82 Å². The fraction of sp³-hybridized carbons (Fsp3) is 0.625. The zero-order chi connectivity index (χ0) is 12.3. The molecule has 1 heterocycles. The fourth-order valence-electron chi connectivity index (χ4n) is 1.37. The van der Waals surface area contributed by atoms with E-state index in [4.69, 9.17) is 10.8 Å². The number of nitrogens with zero attached hydrogens (tertiary/aromatic N) is 2. The fourth-order valence-corrected chi connectivity index (χ4v) is 3.01. The highest BCUT2D eigenvalue weighted by molar-refractivity contribution is 7.89. The molecule has 4 N–H and O–H groups in total. The molecule has 0 atom stereocenters. The van der Waals surface area contributed by atoms with Crippen LogP contribution >= 0.6 is 0 Å². The number of nitrogens with two attached hydrogens (primary N) is 1. The van der Waals surface area contributed by atoms with Gasteiger partial charge in [0.25, 0.3) is 0 Å². The molecule has 0 radical (unpaired) electrons. The highest BCUT2D eigenvalue weighted by Crippen LogP contribution is 2.21. The molecule has 0 spiro atoms. The first-order valence-electron chi connectivity index (χ1n) is 4.82. The van der Waals surface area contributed by atoms with E-state index >= 15 is 0 Å². The molecule has 1 rings (SSSR count). The van der Waals surface area contributed by atoms with Crippen LogP contribution in [0, 0.1) is 0 Å². The molecule has 0 aliphatic carbocycles. The highest BCUT2D eigenvalue weighted by atomic mass is 32.2. The summed E-state index contributed by atoms with van der Waals surface area (Å²) in [5, 5.41) is 14.8. The monoisotopic (exact) mass is 248 g/mol. The first-order valence-corrected chi connectivity index (χ1v) is 6.26. The van der Waals surface area contributed by atoms with Gasteiger partial charge in [-0.25, -0.2) is 8.42 Å². The van der Waals surface area contributed by atoms with Crippen molar-refractivity contribution in [3.63, 3.8) is 0 Å². The minimum absolute atomic E-state index is 0.00332. The number of aliphatic hydroxyl groups excluding tert-OH is 1. The van der Waals surface area contributed by atoms with Crippen LogP contribution in [0.25, 0.3) is 0 Å². The van der Waals surface area contributed by atoms with Gasteiger partial charge in [0.05, 0.1) is 12.8 Å². The summed E-state index contributed by atoms with van der Waals surface area (Å²) in [6, 6.07) is -0.258. The number of sulfonamides is 1. The van der Waals surface area contributed by atoms with Crippen molar-refractivity contribution in [2.75, 3.05) is 18.9 Å². The summed E-state index contributed by atoms with van der Waals surface area (Å²) in [6.45, 7) is 3.24. The number of aliphatic hydroxyl groups is 1. The smallest absolute Gasteiger partial charge is 0.248 e. The number of rotatable bonds is 5. The maximum Gasteiger partial charge on any atom is 0.248 e. The molecular weight excluding hydrogens is 232 g/mol. The minimum atomic E-state index is -3.70. The average Bonchev–Trinajstić information content (AvgIpc) is 2.60. The lowest BCUT2D eigenvalue weighted by atomic mass is 10.4. The number of anilines is 1. The highest BCUT2D eigenvalue weighted by Gasteiger charge is 2.29. The number of aromatic amines is 1. The van der Waals surface area contributed by atoms with Crippen molar-refractivity contribution in [2.45, 2.75) is 24.8 Å². The van der Waals surface area contributed by atoms with Crippen LogP contribution in [0.1, 0.15) is 13.8 Å². The van der Waals surface area contributed by atoms with Gasteiger partial charge in [0, 0.05) is 12.6 Å². The first kappa shape index (κ1) is 12.9. The van der Waals surface area contributed by atoms with Crippen LogP contribution in [0.5, 0.6) is 0 Å². The summed E-state index contributed by atoms with van der Waals surface area (Å²) in [5.41, 5.74) is 5.47. The number of H-pyrrole nitrogens is 1. The van der Waals surface area contributed by atoms with Crippen molar-refractivity contribution in [1.29, 1.82) is 0 Å². The van der Waals surface area contributed by atoms with Gasteiger partial charge < -0.3 is 10.8 Å². The SMILES string of the molecule is CC(C)N(CCO)S(=O)(=O)c1cn[nH]c1N. The van der Waals surface area contributed by atoms with Gasteiger partial charge >= 0.3 is 0 Å². The van der Waals surface area contributed by atoms with Crippen molar-refractivity contribution in [3.8, 4) is 0 Å². The lowest BCUT2D eigenvalue weighted by Gasteiger charge is -2.24. The van der Waals surface area contributed by atoms with Crippen LogP contribution in [-0.2, 0) is 10.0 Å². The Bertz CT molecular complexity index is 440. The van der Waals surface area contributed by atoms with E-state index in [0.29, 0.717) is 0 Å². The predicted molar refractivity (Wildman–Crippen MR) is 59.1 cm³/mol. The van der Waals surface area contributed by atoms with Crippen LogP contribution in [0.2, 0.25) is 0 Å². The van der Waals surface area contributed by atoms with Gasteiger partial charge in [0.15, 0.2) is 0 Å². The number of hydrogen-bond donors (Lipinski definition) is 3. The summed E-state index contributed by atoms with van der Waals surface area (Å²) in [5.74, 6) is 0.00332. The molecule has 0 unspecified atom stereocenters. The summed E-state index contributed by atoms with van der Waals surface area (Å²) < 4.78 is 25.4. The van der Waals surface area contributed by atoms with E-state index in [1.807, 2.05) is 0 Å². The van der Waals surface area contributed by atoms with Gasteiger partial charge in [-0.1, -0.05) is 0 Å². The van der Waals surface area contributed by atoms with E-state index in [9.17, 15) is 8.42 Å². The van der Waals surface area contributed by atoms with E-state index in [1.54, 1.807) is 13.8 Å². The van der Waals surface area contributed by atoms with Gasteiger partial charge in [-0.2, -0.15) is 9.40 Å². The van der Waals surface area contributed by atoms with Crippen molar-refractivity contribution in [2.24, 2.45) is 0 Å². The van der Waals surface area contributed by atoms with Crippen molar-refractivity contribution in [1.82, 2.24) is 14.5 Å². The maximum atomic E-state index is 12.1. The van der Waals surface area contributed by atoms with E-state index in [-0.39, 0.29) is 29.9 Å². The van der Waals surface area contributed by atoms with E-state index < -0.39 is 10.0 Å². The lowest BCUT2D eigenvalue weighted by molar-refractivity contribution is 0.236. The summed E-state index contributed by atoms with van der Waals surface area (Å²) in [7, 11) is -3.70. The zero-order valence-corrected chi connectivity index (χ0v) is 10.0. The first-order chi connectivity index (χ1) is 7.41. The van der Waals surface area contributed by atoms with Gasteiger partial charge in [-0.3, -0.25) is 5.10 Å². The van der Waals surface area contributed by atoms with Crippen LogP contribution in [0.3, 0.4) is 0 Å². The molecule has 7 nitrogen and oxygen atoms in total. The molecule has 8 heteroatoms. The lowest BCUT2D eigenvalue weighted by Crippen LogP contribution is -2.39. The topological polar surface area (TPSA) is 112 Å². The molecule has 0 aromatic carbocycles. The van der Waals surface area contributed by atoms with Gasteiger partial charge in [-0.05, 0) is 13.8 Å². The number of hydrogen-bond acceptors (Lipinski definition) is 5. The Kier molecular flexibility index (Phi) is 3.89. The molecule has 92 valence electrons. The molecule has 0 saturated carbocycles. The van der Waals surface area contributed by atoms with Crippen molar-refractivity contribution in [3.05, 3.63) is 6.20 Å². The predicted octanol–water partition coefficient (Wildman–Crippen LogP) is -0.617. The van der Waals surface area contributed by atoms with Crippen LogP contribution in [0.15, 0.2) is 11.1 Å². The molecule has 0 aliphatic rings. The quantitative estimate of drug-likeness (QED) is 0.643. The third-order valence-electron chi connectivity index (χ3n) is 2.12. The second-order valence-electron chi connectivity index (χ2n) is 3.58. The molecule has 0 aliphatic heterocycles. The Morgan fingerprint density at radius 2 is 2.25 bits per heavy atom. The largest absolute Gasteiger partial charge is 0.395 e. The van der Waals surface area contributed by atoms with Crippen LogP contribution in [-0.4, -0.2) is 47.2 Å². The van der Waals surface area contributed by atoms with E-state index in [1.165, 1.54) is 4.31 Å². The Hall–Kier alpha value is -1.12. The van der Waals surface area contributed by atoms with Gasteiger partial charge in [0.1, 0.15) is 10.7 Å². The molecule has 0 saturated heterocycles. The van der Waals surface area contributed by atoms with E-state index in [0.717, 1.165) is 6.20 Å². The van der Waals surface area contributed by atoms with Crippen molar-refractivity contribution >= 4 is 15.8 Å². The molecule has 0 fully saturated rings. The summed E-state index contributed by atoms with van der Waals surface area (Å²) in [6.07, 6.45) is 1.16. The summed E-state index contributed by atoms with van der Waals surface area (Å²) >= 11 is 0. The third-order valence-corrected chi connectivity index (χ3v) is 4.22. The second-order valence-corrected chi connectivity index (χ2v) is 5.44. The molecule has 0 bridgehead atoms. The normalized spacial score (nSPS) is 12.6. The molecule has 0 amide bonds. The van der Waals surface area contributed by atoms with Gasteiger partial charge in [-0.15, -0.1) is 0 Å². The van der Waals surface area contributed by atoms with Crippen molar-refractivity contribution < 1.29 is 13.5 Å². The van der Waals surface area contributed by atoms with Gasteiger partial charge in [0.2, 0.25) is 10.0 Å². The average molecular weight is 248 g/mol. The molecule has 1 aromatic rings. The minimum Gasteiger partial charge on any atom is -0.395 e. The Morgan fingerprint density at radius 1 is 1.62 bits per heavy atom. The number of nitrogens with one attached hydrogen (secondary N) is 1. The Balaban J connectivity index is 3.14. The zero-order valence-electron chi connectivity index (χ0n) is 9.21. The van der Waals surface area contributed by atoms with Crippen LogP contribution < -0.4 is 5.73 Å². The number of nitrogen functional groups attached to an aromatic ring is 1. The Morgan fingerprint density at radius 3 is 2.62 bits per heavy atom. The standard InChI is InChI=1S/C8H16N4O3S/c1-6(2)12(3-4-13)16(14,15)7-5-10-11-8(7)9/h5-6,13H,3-4H2,1-2H3,(H3,9,10,11). The molecule has 16 heavy (non-hydrogen) atoms. The number of aromatic nitrogens is 2. The summed E-state index contributed by atoms with van der Waals surface area (Å²) in [4.78, 5) is -0.0605. The van der Waals surface area contributed by atoms with E-state index in [2.05, 4.69) is 10.2 Å². The maximum absolute atomic E-state index is 12.1.